The topological polar surface area (TPSA) is 96.9 Å². The fraction of sp³-hybridized carbons (Fsp3) is 0.467. The van der Waals surface area contributed by atoms with Crippen LogP contribution in [0, 0.1) is 12.8 Å². The van der Waals surface area contributed by atoms with Crippen molar-refractivity contribution in [3.63, 3.8) is 0 Å². The molecule has 7 heteroatoms. The minimum Gasteiger partial charge on any atom is -0.460 e. The zero-order valence-corrected chi connectivity index (χ0v) is 13.3. The molecule has 120 valence electrons. The van der Waals surface area contributed by atoms with Crippen molar-refractivity contribution in [1.82, 2.24) is 15.5 Å². The number of aromatic nitrogens is 2. The number of aryl methyl sites for hydroxylation is 1. The number of hydrogen-bond donors (Lipinski definition) is 3. The number of H-pyrrole nitrogens is 1. The molecular formula is C15H21ClN4O2. The molecule has 1 fully saturated rings. The lowest BCUT2D eigenvalue weighted by atomic mass is 10.0. The van der Waals surface area contributed by atoms with Crippen LogP contribution in [-0.4, -0.2) is 28.7 Å². The number of nitrogens with two attached hydrogens (primary N) is 1. The second-order valence-corrected chi connectivity index (χ2v) is 5.58. The molecule has 0 radical (unpaired) electrons. The summed E-state index contributed by atoms with van der Waals surface area (Å²) < 4.78 is 5.51. The Morgan fingerprint density at radius 3 is 3.00 bits per heavy atom. The Kier molecular flexibility index (Phi) is 5.26. The number of aromatic amines is 1. The van der Waals surface area contributed by atoms with Gasteiger partial charge in [0, 0.05) is 12.1 Å². The van der Waals surface area contributed by atoms with E-state index in [0.29, 0.717) is 29.6 Å². The summed E-state index contributed by atoms with van der Waals surface area (Å²) in [6, 6.07) is 5.60. The standard InChI is InChI=1S/C15H20N4O2.ClH/c1-9-5-6-14(21-9)12-7-13(19-18-12)15(20)17-11-4-2-3-10(11)8-16;/h5-7,10-11H,2-4,8,16H2,1H3,(H,17,20)(H,18,19);1H. The highest BCUT2D eigenvalue weighted by Gasteiger charge is 2.28. The van der Waals surface area contributed by atoms with Crippen LogP contribution in [0.5, 0.6) is 0 Å². The third-order valence-electron chi connectivity index (χ3n) is 4.09. The molecule has 0 aromatic carbocycles. The van der Waals surface area contributed by atoms with Crippen LogP contribution in [-0.2, 0) is 0 Å². The van der Waals surface area contributed by atoms with E-state index in [0.717, 1.165) is 25.0 Å². The summed E-state index contributed by atoms with van der Waals surface area (Å²) in [6.45, 7) is 2.49. The Bertz CT molecular complexity index is 637. The molecule has 2 aromatic rings. The summed E-state index contributed by atoms with van der Waals surface area (Å²) in [5.41, 5.74) is 6.82. The van der Waals surface area contributed by atoms with E-state index in [1.165, 1.54) is 0 Å². The first-order valence-electron chi connectivity index (χ1n) is 7.30. The number of halogens is 1. The first-order valence-corrected chi connectivity index (χ1v) is 7.30. The summed E-state index contributed by atoms with van der Waals surface area (Å²) in [7, 11) is 0. The maximum atomic E-state index is 12.2. The monoisotopic (exact) mass is 324 g/mol. The fourth-order valence-electron chi connectivity index (χ4n) is 2.89. The normalized spacial score (nSPS) is 20.6. The molecule has 2 unspecified atom stereocenters. The number of carbonyl (C=O) groups is 1. The molecule has 1 amide bonds. The predicted molar refractivity (Wildman–Crippen MR) is 85.9 cm³/mol. The summed E-state index contributed by atoms with van der Waals surface area (Å²) in [4.78, 5) is 12.2. The molecule has 1 aliphatic rings. The van der Waals surface area contributed by atoms with Gasteiger partial charge in [-0.1, -0.05) is 6.42 Å². The summed E-state index contributed by atoms with van der Waals surface area (Å²) >= 11 is 0. The minimum atomic E-state index is -0.161. The van der Waals surface area contributed by atoms with Gasteiger partial charge < -0.3 is 15.5 Å². The Morgan fingerprint density at radius 1 is 1.50 bits per heavy atom. The van der Waals surface area contributed by atoms with Gasteiger partial charge in [0.15, 0.2) is 11.5 Å². The number of amides is 1. The Balaban J connectivity index is 0.00000176. The highest BCUT2D eigenvalue weighted by molar-refractivity contribution is 5.93. The van der Waals surface area contributed by atoms with Crippen LogP contribution in [0.25, 0.3) is 11.5 Å². The quantitative estimate of drug-likeness (QED) is 0.803. The van der Waals surface area contributed by atoms with Crippen molar-refractivity contribution in [2.45, 2.75) is 32.2 Å². The average molecular weight is 325 g/mol. The van der Waals surface area contributed by atoms with Crippen molar-refractivity contribution in [3.05, 3.63) is 29.7 Å². The molecule has 4 N–H and O–H groups in total. The number of carbonyl (C=O) groups excluding carboxylic acids is 1. The van der Waals surface area contributed by atoms with Gasteiger partial charge in [-0.15, -0.1) is 12.4 Å². The van der Waals surface area contributed by atoms with E-state index in [2.05, 4.69) is 15.5 Å². The lowest BCUT2D eigenvalue weighted by molar-refractivity contribution is 0.0923. The number of rotatable bonds is 4. The highest BCUT2D eigenvalue weighted by atomic mass is 35.5. The molecular weight excluding hydrogens is 304 g/mol. The van der Waals surface area contributed by atoms with Gasteiger partial charge in [0.2, 0.25) is 0 Å². The van der Waals surface area contributed by atoms with E-state index in [9.17, 15) is 4.79 Å². The van der Waals surface area contributed by atoms with Gasteiger partial charge in [-0.2, -0.15) is 5.10 Å². The Hall–Kier alpha value is -1.79. The predicted octanol–water partition coefficient (Wildman–Crippen LogP) is 2.26. The van der Waals surface area contributed by atoms with E-state index >= 15 is 0 Å². The number of nitrogens with zero attached hydrogens (tertiary/aromatic N) is 1. The smallest absolute Gasteiger partial charge is 0.272 e. The fourth-order valence-corrected chi connectivity index (χ4v) is 2.89. The first kappa shape index (κ1) is 16.6. The third-order valence-corrected chi connectivity index (χ3v) is 4.09. The highest BCUT2D eigenvalue weighted by Crippen LogP contribution is 2.25. The lowest BCUT2D eigenvalue weighted by Gasteiger charge is -2.18. The third kappa shape index (κ3) is 3.34. The van der Waals surface area contributed by atoms with Gasteiger partial charge in [0.05, 0.1) is 0 Å². The second-order valence-electron chi connectivity index (χ2n) is 5.58. The molecule has 6 nitrogen and oxygen atoms in total. The molecule has 2 atom stereocenters. The van der Waals surface area contributed by atoms with Crippen LogP contribution in [0.3, 0.4) is 0 Å². The van der Waals surface area contributed by atoms with Crippen molar-refractivity contribution < 1.29 is 9.21 Å². The summed E-state index contributed by atoms with van der Waals surface area (Å²) in [5, 5.41) is 9.94. The van der Waals surface area contributed by atoms with Crippen LogP contribution >= 0.6 is 12.4 Å². The molecule has 0 aliphatic heterocycles. The molecule has 1 aliphatic carbocycles. The summed E-state index contributed by atoms with van der Waals surface area (Å²) in [5.74, 6) is 1.72. The van der Waals surface area contributed by atoms with E-state index in [-0.39, 0.29) is 24.4 Å². The van der Waals surface area contributed by atoms with E-state index in [4.69, 9.17) is 10.2 Å². The van der Waals surface area contributed by atoms with Crippen LogP contribution in [0.15, 0.2) is 22.6 Å². The molecule has 0 bridgehead atoms. The maximum absolute atomic E-state index is 12.2. The van der Waals surface area contributed by atoms with Gasteiger partial charge in [-0.3, -0.25) is 9.89 Å². The number of hydrogen-bond acceptors (Lipinski definition) is 4. The molecule has 22 heavy (non-hydrogen) atoms. The first-order chi connectivity index (χ1) is 10.2. The molecule has 0 saturated heterocycles. The number of furan rings is 1. The van der Waals surface area contributed by atoms with Crippen molar-refractivity contribution in [2.75, 3.05) is 6.54 Å². The molecule has 2 aromatic heterocycles. The molecule has 1 saturated carbocycles. The molecule has 3 rings (SSSR count). The average Bonchev–Trinajstić information content (AvgIpc) is 3.17. The molecule has 2 heterocycles. The van der Waals surface area contributed by atoms with E-state index < -0.39 is 0 Å². The maximum Gasteiger partial charge on any atom is 0.272 e. The van der Waals surface area contributed by atoms with Crippen molar-refractivity contribution >= 4 is 18.3 Å². The van der Waals surface area contributed by atoms with E-state index in [1.807, 2.05) is 19.1 Å². The van der Waals surface area contributed by atoms with Gasteiger partial charge in [0.25, 0.3) is 5.91 Å². The summed E-state index contributed by atoms with van der Waals surface area (Å²) in [6.07, 6.45) is 3.19. The van der Waals surface area contributed by atoms with E-state index in [1.54, 1.807) is 6.07 Å². The van der Waals surface area contributed by atoms with Gasteiger partial charge in [0.1, 0.15) is 11.5 Å². The van der Waals surface area contributed by atoms with Crippen LogP contribution in [0.2, 0.25) is 0 Å². The van der Waals surface area contributed by atoms with Crippen molar-refractivity contribution in [3.8, 4) is 11.5 Å². The van der Waals surface area contributed by atoms with Crippen LogP contribution in [0.4, 0.5) is 0 Å². The van der Waals surface area contributed by atoms with Gasteiger partial charge in [-0.05, 0) is 44.4 Å². The number of nitrogens with one attached hydrogen (secondary N) is 2. The zero-order valence-electron chi connectivity index (χ0n) is 12.5. The zero-order chi connectivity index (χ0) is 14.8. The van der Waals surface area contributed by atoms with Gasteiger partial charge >= 0.3 is 0 Å². The largest absolute Gasteiger partial charge is 0.460 e. The van der Waals surface area contributed by atoms with Gasteiger partial charge in [-0.25, -0.2) is 0 Å². The second kappa shape index (κ2) is 6.98. The SMILES string of the molecule is Cc1ccc(-c2cc(C(=O)NC3CCCC3CN)n[nH]2)o1.Cl. The van der Waals surface area contributed by atoms with Crippen molar-refractivity contribution in [2.24, 2.45) is 11.7 Å². The Labute approximate surface area is 135 Å². The van der Waals surface area contributed by atoms with Crippen LogP contribution in [0.1, 0.15) is 35.5 Å². The lowest BCUT2D eigenvalue weighted by Crippen LogP contribution is -2.40. The van der Waals surface area contributed by atoms with Crippen molar-refractivity contribution in [1.29, 1.82) is 0 Å². The Morgan fingerprint density at radius 2 is 2.32 bits per heavy atom. The molecule has 0 spiro atoms. The van der Waals surface area contributed by atoms with Crippen LogP contribution < -0.4 is 11.1 Å². The minimum absolute atomic E-state index is 0.